The number of likely N-dealkylation sites (tertiary alicyclic amines) is 1. The van der Waals surface area contributed by atoms with Crippen molar-refractivity contribution in [3.05, 3.63) is 52.4 Å². The Bertz CT molecular complexity index is 2010. The fourth-order valence-corrected chi connectivity index (χ4v) is 7.63. The lowest BCUT2D eigenvalue weighted by atomic mass is 10.1. The maximum absolute atomic E-state index is 13.7. The number of aryl methyl sites for hydroxylation is 1. The van der Waals surface area contributed by atoms with Crippen LogP contribution in [-0.4, -0.2) is 73.1 Å². The molecule has 15 nitrogen and oxygen atoms in total. The van der Waals surface area contributed by atoms with Crippen LogP contribution in [0.3, 0.4) is 0 Å². The number of aromatic nitrogens is 2. The number of aromatic hydroxyl groups is 1. The first-order valence-electron chi connectivity index (χ1n) is 15.2. The number of amidine groups is 1. The first kappa shape index (κ1) is 34.1. The monoisotopic (exact) mass is 689 g/mol. The Morgan fingerprint density at radius 2 is 1.89 bits per heavy atom. The standard InChI is InChI=1S/C30H39N7O8S2/c1-18(2)10-16-37-27-21(7-6-13-31-27)25(38)24(28(37)39)26-32-22-9-8-20(17-23(22)46(41,42)35-26)34-47(43,44)33-19-11-14-36(15-12-19)29(40)45-30(3,4)5/h6-9,13,17-19,33-34,38H,10-12,14-16H2,1-5H3,(H,32,35). The number of amides is 1. The number of ether oxygens (including phenoxy) is 1. The number of benzene rings is 1. The number of pyridine rings is 2. The molecule has 2 aromatic heterocycles. The average Bonchev–Trinajstić information content (AvgIpc) is 2.96. The number of piperidine rings is 1. The number of carbonyl (C=O) groups excluding carboxylic acids is 1. The number of fused-ring (bicyclic) bond motifs is 2. The van der Waals surface area contributed by atoms with Crippen LogP contribution >= 0.6 is 0 Å². The number of hydrogen-bond donors (Lipinski definition) is 4. The largest absolute Gasteiger partial charge is 0.506 e. The fourth-order valence-electron chi connectivity index (χ4n) is 5.31. The minimum absolute atomic E-state index is 0.0397. The van der Waals surface area contributed by atoms with Gasteiger partial charge in [0, 0.05) is 31.9 Å². The van der Waals surface area contributed by atoms with Gasteiger partial charge in [-0.3, -0.25) is 14.1 Å². The Kier molecular flexibility index (Phi) is 9.27. The maximum Gasteiger partial charge on any atom is 0.410 e. The van der Waals surface area contributed by atoms with Gasteiger partial charge in [0.15, 0.2) is 5.84 Å². The SMILES string of the molecule is CC(C)CCn1c(=O)c(C2=NS(=O)(=O)c3cc(NS(=O)(=O)NC4CCN(C(=O)OC(C)(C)C)CC4)ccc3N2)c(O)c2cccnc21. The molecule has 3 aromatic rings. The molecule has 4 heterocycles. The van der Waals surface area contributed by atoms with Crippen molar-refractivity contribution >= 4 is 54.6 Å². The van der Waals surface area contributed by atoms with Gasteiger partial charge in [0.1, 0.15) is 27.5 Å². The molecule has 1 fully saturated rings. The summed E-state index contributed by atoms with van der Waals surface area (Å²) in [7, 11) is -8.59. The molecular weight excluding hydrogens is 651 g/mol. The molecule has 0 radical (unpaired) electrons. The van der Waals surface area contributed by atoms with Crippen molar-refractivity contribution in [3.63, 3.8) is 0 Å². The summed E-state index contributed by atoms with van der Waals surface area (Å²) in [5.74, 6) is -0.567. The van der Waals surface area contributed by atoms with Gasteiger partial charge in [0.05, 0.1) is 16.8 Å². The number of sulfonamides is 1. The van der Waals surface area contributed by atoms with E-state index in [4.69, 9.17) is 4.74 Å². The smallest absolute Gasteiger partial charge is 0.410 e. The molecule has 0 saturated carbocycles. The van der Waals surface area contributed by atoms with Crippen molar-refractivity contribution < 1.29 is 31.5 Å². The second kappa shape index (κ2) is 12.8. The van der Waals surface area contributed by atoms with Crippen LogP contribution in [0.2, 0.25) is 0 Å². The molecular formula is C30H39N7O8S2. The van der Waals surface area contributed by atoms with Gasteiger partial charge in [-0.15, -0.1) is 4.40 Å². The first-order chi connectivity index (χ1) is 21.9. The third kappa shape index (κ3) is 7.68. The Balaban J connectivity index is 1.35. The summed E-state index contributed by atoms with van der Waals surface area (Å²) >= 11 is 0. The van der Waals surface area contributed by atoms with E-state index in [0.717, 1.165) is 6.07 Å². The van der Waals surface area contributed by atoms with E-state index >= 15 is 0 Å². The minimum Gasteiger partial charge on any atom is -0.506 e. The summed E-state index contributed by atoms with van der Waals surface area (Å²) in [6.07, 6.45) is 2.39. The highest BCUT2D eigenvalue weighted by atomic mass is 32.2. The lowest BCUT2D eigenvalue weighted by molar-refractivity contribution is 0.0203. The molecule has 254 valence electrons. The molecule has 0 aliphatic carbocycles. The number of nitrogens with zero attached hydrogens (tertiary/aromatic N) is 4. The van der Waals surface area contributed by atoms with E-state index in [1.165, 1.54) is 27.8 Å². The van der Waals surface area contributed by atoms with Gasteiger partial charge in [0.25, 0.3) is 25.8 Å². The summed E-state index contributed by atoms with van der Waals surface area (Å²) in [6.45, 7) is 10.2. The molecule has 0 bridgehead atoms. The second-order valence-corrected chi connectivity index (χ2v) is 16.0. The Hall–Kier alpha value is -4.22. The van der Waals surface area contributed by atoms with E-state index < -0.39 is 49.3 Å². The van der Waals surface area contributed by atoms with Crippen LogP contribution in [0.5, 0.6) is 5.75 Å². The Morgan fingerprint density at radius 1 is 1.19 bits per heavy atom. The number of hydrogen-bond acceptors (Lipinski definition) is 10. The van der Waals surface area contributed by atoms with Gasteiger partial charge in [0.2, 0.25) is 0 Å². The van der Waals surface area contributed by atoms with Crippen LogP contribution in [-0.2, 0) is 31.5 Å². The normalized spacial score (nSPS) is 16.8. The highest BCUT2D eigenvalue weighted by molar-refractivity contribution is 7.91. The second-order valence-electron chi connectivity index (χ2n) is 13.0. The Labute approximate surface area is 273 Å². The summed E-state index contributed by atoms with van der Waals surface area (Å²) < 4.78 is 68.2. The van der Waals surface area contributed by atoms with E-state index in [2.05, 4.69) is 24.1 Å². The summed E-state index contributed by atoms with van der Waals surface area (Å²) in [5.41, 5.74) is -1.36. The van der Waals surface area contributed by atoms with Crippen molar-refractivity contribution in [1.29, 1.82) is 0 Å². The van der Waals surface area contributed by atoms with Gasteiger partial charge >= 0.3 is 6.09 Å². The fraction of sp³-hybridized carbons (Fsp3) is 0.467. The zero-order valence-corrected chi connectivity index (χ0v) is 28.4. The van der Waals surface area contributed by atoms with E-state index in [9.17, 15) is 31.5 Å². The quantitative estimate of drug-likeness (QED) is 0.272. The highest BCUT2D eigenvalue weighted by Crippen LogP contribution is 2.34. The predicted octanol–water partition coefficient (Wildman–Crippen LogP) is 3.36. The summed E-state index contributed by atoms with van der Waals surface area (Å²) in [5, 5.41) is 14.2. The van der Waals surface area contributed by atoms with E-state index in [1.54, 1.807) is 32.9 Å². The molecule has 2 aliphatic heterocycles. The average molecular weight is 690 g/mol. The van der Waals surface area contributed by atoms with Crippen LogP contribution in [0.15, 0.2) is 50.6 Å². The van der Waals surface area contributed by atoms with Crippen LogP contribution in [0.25, 0.3) is 11.0 Å². The third-order valence-electron chi connectivity index (χ3n) is 7.60. The lowest BCUT2D eigenvalue weighted by Crippen LogP contribution is -2.48. The molecule has 1 saturated heterocycles. The zero-order chi connectivity index (χ0) is 34.3. The predicted molar refractivity (Wildman–Crippen MR) is 177 cm³/mol. The Morgan fingerprint density at radius 3 is 2.55 bits per heavy atom. The molecule has 17 heteroatoms. The zero-order valence-electron chi connectivity index (χ0n) is 26.8. The molecule has 0 unspecified atom stereocenters. The van der Waals surface area contributed by atoms with Gasteiger partial charge in [-0.05, 0) is 76.3 Å². The number of rotatable bonds is 8. The molecule has 0 atom stereocenters. The van der Waals surface area contributed by atoms with Crippen LogP contribution in [0.4, 0.5) is 16.2 Å². The van der Waals surface area contributed by atoms with E-state index in [0.29, 0.717) is 32.4 Å². The van der Waals surface area contributed by atoms with E-state index in [-0.39, 0.29) is 51.2 Å². The number of nitrogens with one attached hydrogen (secondary N) is 3. The van der Waals surface area contributed by atoms with Gasteiger partial charge in [-0.1, -0.05) is 13.8 Å². The van der Waals surface area contributed by atoms with Gasteiger partial charge in [-0.25, -0.2) is 9.78 Å². The third-order valence-corrected chi connectivity index (χ3v) is 10.1. The van der Waals surface area contributed by atoms with Crippen molar-refractivity contribution in [2.75, 3.05) is 23.1 Å². The molecule has 0 spiro atoms. The molecule has 1 amide bonds. The molecule has 1 aromatic carbocycles. The summed E-state index contributed by atoms with van der Waals surface area (Å²) in [6, 6.07) is 6.53. The van der Waals surface area contributed by atoms with Crippen LogP contribution in [0, 0.1) is 5.92 Å². The van der Waals surface area contributed by atoms with E-state index in [1.807, 2.05) is 13.8 Å². The number of anilines is 2. The molecule has 4 N–H and O–H groups in total. The first-order valence-corrected chi connectivity index (χ1v) is 18.1. The van der Waals surface area contributed by atoms with Crippen molar-refractivity contribution in [2.45, 2.75) is 77.0 Å². The van der Waals surface area contributed by atoms with Gasteiger partial charge < -0.3 is 20.1 Å². The van der Waals surface area contributed by atoms with Crippen molar-refractivity contribution in [2.24, 2.45) is 10.3 Å². The molecule has 2 aliphatic rings. The maximum atomic E-state index is 13.7. The summed E-state index contributed by atoms with van der Waals surface area (Å²) in [4.78, 5) is 31.5. The topological polar surface area (TPSA) is 201 Å². The molecule has 5 rings (SSSR count). The molecule has 47 heavy (non-hydrogen) atoms. The van der Waals surface area contributed by atoms with Crippen molar-refractivity contribution in [1.82, 2.24) is 19.2 Å². The minimum atomic E-state index is -4.45. The van der Waals surface area contributed by atoms with Gasteiger partial charge in [-0.2, -0.15) is 21.6 Å². The highest BCUT2D eigenvalue weighted by Gasteiger charge is 2.32. The number of carbonyl (C=O) groups is 1. The van der Waals surface area contributed by atoms with Crippen LogP contribution < -0.4 is 20.3 Å². The van der Waals surface area contributed by atoms with Crippen molar-refractivity contribution in [3.8, 4) is 5.75 Å². The van der Waals surface area contributed by atoms with Crippen LogP contribution in [0.1, 0.15) is 59.4 Å². The lowest BCUT2D eigenvalue weighted by Gasteiger charge is -2.33.